The summed E-state index contributed by atoms with van der Waals surface area (Å²) in [7, 11) is -3.78. The van der Waals surface area contributed by atoms with Crippen molar-refractivity contribution < 1.29 is 18.0 Å². The number of nitrogens with two attached hydrogens (primary N) is 1. The number of sulfonamides is 1. The highest BCUT2D eigenvalue weighted by Gasteiger charge is 2.10. The van der Waals surface area contributed by atoms with E-state index in [1.165, 1.54) is 24.3 Å². The summed E-state index contributed by atoms with van der Waals surface area (Å²) >= 11 is 3.26. The summed E-state index contributed by atoms with van der Waals surface area (Å²) < 4.78 is 23.0. The van der Waals surface area contributed by atoms with Gasteiger partial charge in [0, 0.05) is 15.7 Å². The molecule has 0 fully saturated rings. The van der Waals surface area contributed by atoms with Crippen molar-refractivity contribution in [3.05, 3.63) is 58.6 Å². The molecule has 7 nitrogen and oxygen atoms in total. The van der Waals surface area contributed by atoms with Crippen molar-refractivity contribution in [3.8, 4) is 0 Å². The van der Waals surface area contributed by atoms with Crippen LogP contribution in [-0.2, 0) is 14.8 Å². The number of amides is 2. The second-order valence-corrected chi connectivity index (χ2v) is 7.29. The van der Waals surface area contributed by atoms with E-state index in [0.717, 1.165) is 4.47 Å². The lowest BCUT2D eigenvalue weighted by molar-refractivity contribution is -0.115. The molecule has 0 atom stereocenters. The van der Waals surface area contributed by atoms with Gasteiger partial charge in [0.2, 0.25) is 15.9 Å². The smallest absolute Gasteiger partial charge is 0.251 e. The van der Waals surface area contributed by atoms with Gasteiger partial charge in [0.1, 0.15) is 0 Å². The van der Waals surface area contributed by atoms with Crippen LogP contribution < -0.4 is 15.8 Å². The van der Waals surface area contributed by atoms with Crippen LogP contribution in [0.5, 0.6) is 0 Å². The van der Waals surface area contributed by atoms with Gasteiger partial charge in [0.25, 0.3) is 5.91 Å². The second kappa shape index (κ2) is 7.56. The van der Waals surface area contributed by atoms with E-state index in [9.17, 15) is 18.0 Å². The van der Waals surface area contributed by atoms with Gasteiger partial charge in [-0.2, -0.15) is 0 Å². The number of anilines is 1. The zero-order valence-electron chi connectivity index (χ0n) is 12.3. The number of halogens is 1. The van der Waals surface area contributed by atoms with Crippen molar-refractivity contribution >= 4 is 43.5 Å². The predicted octanol–water partition coefficient (Wildman–Crippen LogP) is 1.47. The third-order valence-electron chi connectivity index (χ3n) is 2.96. The van der Waals surface area contributed by atoms with Crippen LogP contribution >= 0.6 is 15.9 Å². The summed E-state index contributed by atoms with van der Waals surface area (Å²) in [6, 6.07) is 12.2. The molecule has 0 spiro atoms. The molecule has 0 aromatic heterocycles. The Balaban J connectivity index is 1.90. The van der Waals surface area contributed by atoms with E-state index in [1.807, 2.05) is 0 Å². The van der Waals surface area contributed by atoms with Crippen molar-refractivity contribution in [2.24, 2.45) is 5.14 Å². The number of rotatable bonds is 5. The lowest BCUT2D eigenvalue weighted by Gasteiger charge is -2.08. The highest BCUT2D eigenvalue weighted by Crippen LogP contribution is 2.13. The first kappa shape index (κ1) is 18.1. The van der Waals surface area contributed by atoms with Crippen LogP contribution in [-0.4, -0.2) is 26.8 Å². The van der Waals surface area contributed by atoms with Crippen LogP contribution in [0.15, 0.2) is 57.9 Å². The van der Waals surface area contributed by atoms with E-state index >= 15 is 0 Å². The first-order valence-corrected chi connectivity index (χ1v) is 9.06. The third-order valence-corrected chi connectivity index (χ3v) is 4.39. The lowest BCUT2D eigenvalue weighted by Crippen LogP contribution is -2.32. The van der Waals surface area contributed by atoms with Crippen molar-refractivity contribution in [1.29, 1.82) is 0 Å². The lowest BCUT2D eigenvalue weighted by atomic mass is 10.2. The number of hydrogen-bond donors (Lipinski definition) is 3. The van der Waals surface area contributed by atoms with Crippen LogP contribution in [0.4, 0.5) is 5.69 Å². The number of nitrogens with one attached hydrogen (secondary N) is 2. The molecule has 126 valence electrons. The molecule has 0 unspecified atom stereocenters. The zero-order valence-corrected chi connectivity index (χ0v) is 14.7. The second-order valence-electron chi connectivity index (χ2n) is 4.81. The average Bonchev–Trinajstić information content (AvgIpc) is 2.52. The molecular formula is C15H14BrN3O4S. The Morgan fingerprint density at radius 2 is 1.75 bits per heavy atom. The Morgan fingerprint density at radius 1 is 1.08 bits per heavy atom. The maximum atomic E-state index is 11.9. The molecule has 0 aliphatic rings. The van der Waals surface area contributed by atoms with Crippen LogP contribution in [0.3, 0.4) is 0 Å². The fourth-order valence-corrected chi connectivity index (χ4v) is 2.74. The number of benzene rings is 2. The molecule has 24 heavy (non-hydrogen) atoms. The summed E-state index contributed by atoms with van der Waals surface area (Å²) in [4.78, 5) is 23.7. The predicted molar refractivity (Wildman–Crippen MR) is 92.9 cm³/mol. The van der Waals surface area contributed by atoms with Gasteiger partial charge in [0.05, 0.1) is 11.4 Å². The number of hydrogen-bond acceptors (Lipinski definition) is 4. The zero-order chi connectivity index (χ0) is 17.7. The largest absolute Gasteiger partial charge is 0.343 e. The molecular weight excluding hydrogens is 398 g/mol. The van der Waals surface area contributed by atoms with Gasteiger partial charge in [-0.15, -0.1) is 0 Å². The van der Waals surface area contributed by atoms with Crippen molar-refractivity contribution in [2.45, 2.75) is 4.90 Å². The molecule has 2 aromatic rings. The fourth-order valence-electron chi connectivity index (χ4n) is 1.83. The Hall–Kier alpha value is -2.23. The van der Waals surface area contributed by atoms with Crippen LogP contribution in [0.25, 0.3) is 0 Å². The average molecular weight is 412 g/mol. The van der Waals surface area contributed by atoms with E-state index in [-0.39, 0.29) is 17.3 Å². The van der Waals surface area contributed by atoms with Gasteiger partial charge in [-0.1, -0.05) is 22.0 Å². The highest BCUT2D eigenvalue weighted by molar-refractivity contribution is 9.10. The van der Waals surface area contributed by atoms with Crippen LogP contribution in [0, 0.1) is 0 Å². The number of carbonyl (C=O) groups excluding carboxylic acids is 2. The summed E-state index contributed by atoms with van der Waals surface area (Å²) in [6.45, 7) is -0.220. The molecule has 4 N–H and O–H groups in total. The Labute approximate surface area is 147 Å². The molecule has 2 rings (SSSR count). The summed E-state index contributed by atoms with van der Waals surface area (Å²) in [5, 5.41) is 10.0. The quantitative estimate of drug-likeness (QED) is 0.689. The van der Waals surface area contributed by atoms with E-state index in [0.29, 0.717) is 11.3 Å². The van der Waals surface area contributed by atoms with Gasteiger partial charge in [0.15, 0.2) is 0 Å². The van der Waals surface area contributed by atoms with Gasteiger partial charge in [-0.05, 0) is 42.5 Å². The molecule has 0 aliphatic carbocycles. The number of primary sulfonamides is 1. The summed E-state index contributed by atoms with van der Waals surface area (Å²) in [5.41, 5.74) is 0.818. The first-order chi connectivity index (χ1) is 11.3. The Bertz CT molecular complexity index is 867. The third kappa shape index (κ3) is 5.15. The Morgan fingerprint density at radius 3 is 2.33 bits per heavy atom. The molecule has 0 radical (unpaired) electrons. The molecule has 2 amide bonds. The van der Waals surface area contributed by atoms with Crippen molar-refractivity contribution in [2.75, 3.05) is 11.9 Å². The molecule has 0 heterocycles. The monoisotopic (exact) mass is 411 g/mol. The summed E-state index contributed by atoms with van der Waals surface area (Å²) in [5.74, 6) is -0.822. The first-order valence-electron chi connectivity index (χ1n) is 6.72. The standard InChI is InChI=1S/C15H14BrN3O4S/c16-11-3-1-2-10(8-11)15(21)18-9-14(20)19-12-4-6-13(7-5-12)24(17,22)23/h1-8H,9H2,(H,18,21)(H,19,20)(H2,17,22,23). The topological polar surface area (TPSA) is 118 Å². The maximum absolute atomic E-state index is 11.9. The minimum absolute atomic E-state index is 0.0524. The molecule has 9 heteroatoms. The van der Waals surface area contributed by atoms with E-state index < -0.39 is 15.9 Å². The van der Waals surface area contributed by atoms with Crippen molar-refractivity contribution in [1.82, 2.24) is 5.32 Å². The van der Waals surface area contributed by atoms with Gasteiger partial charge in [-0.25, -0.2) is 13.6 Å². The Kier molecular flexibility index (Phi) is 5.71. The van der Waals surface area contributed by atoms with Crippen LogP contribution in [0.1, 0.15) is 10.4 Å². The minimum atomic E-state index is -3.78. The maximum Gasteiger partial charge on any atom is 0.251 e. The van der Waals surface area contributed by atoms with Crippen LogP contribution in [0.2, 0.25) is 0 Å². The van der Waals surface area contributed by atoms with Crippen molar-refractivity contribution in [3.63, 3.8) is 0 Å². The van der Waals surface area contributed by atoms with E-state index in [4.69, 9.17) is 5.14 Å². The van der Waals surface area contributed by atoms with Gasteiger partial charge < -0.3 is 10.6 Å². The normalized spacial score (nSPS) is 10.9. The molecule has 0 aliphatic heterocycles. The van der Waals surface area contributed by atoms with E-state index in [1.54, 1.807) is 24.3 Å². The molecule has 0 saturated carbocycles. The van der Waals surface area contributed by atoms with Gasteiger partial charge in [-0.3, -0.25) is 9.59 Å². The summed E-state index contributed by atoms with van der Waals surface area (Å²) in [6.07, 6.45) is 0. The fraction of sp³-hybridized carbons (Fsp3) is 0.0667. The molecule has 0 bridgehead atoms. The highest BCUT2D eigenvalue weighted by atomic mass is 79.9. The molecule has 0 saturated heterocycles. The molecule has 2 aromatic carbocycles. The minimum Gasteiger partial charge on any atom is -0.343 e. The van der Waals surface area contributed by atoms with E-state index in [2.05, 4.69) is 26.6 Å². The number of carbonyl (C=O) groups is 2. The van der Waals surface area contributed by atoms with Gasteiger partial charge >= 0.3 is 0 Å². The SMILES string of the molecule is NS(=O)(=O)c1ccc(NC(=O)CNC(=O)c2cccc(Br)c2)cc1.